The summed E-state index contributed by atoms with van der Waals surface area (Å²) in [6.45, 7) is 2.41. The SMILES string of the molecule is CC(=O)N[C@@H](C(=O)N1CCC[C@H](NS(C)(=O)=O)C1)C1CCCC1. The first-order chi connectivity index (χ1) is 10.8. The van der Waals surface area contributed by atoms with Gasteiger partial charge in [-0.15, -0.1) is 0 Å². The van der Waals surface area contributed by atoms with Gasteiger partial charge in [0.15, 0.2) is 0 Å². The van der Waals surface area contributed by atoms with Crippen LogP contribution < -0.4 is 10.0 Å². The maximum atomic E-state index is 12.9. The Morgan fingerprint density at radius 2 is 1.78 bits per heavy atom. The van der Waals surface area contributed by atoms with Crippen LogP contribution in [-0.2, 0) is 19.6 Å². The van der Waals surface area contributed by atoms with Gasteiger partial charge >= 0.3 is 0 Å². The van der Waals surface area contributed by atoms with Crippen molar-refractivity contribution in [3.8, 4) is 0 Å². The average molecular weight is 345 g/mol. The Labute approximate surface area is 138 Å². The second kappa shape index (κ2) is 7.61. The number of hydrogen-bond acceptors (Lipinski definition) is 4. The standard InChI is InChI=1S/C15H27N3O4S/c1-11(19)16-14(12-6-3-4-7-12)15(20)18-9-5-8-13(10-18)17-23(2,21)22/h12-14,17H,3-10H2,1-2H3,(H,16,19)/t13-,14+/m0/s1. The molecule has 2 aliphatic rings. The van der Waals surface area contributed by atoms with Crippen molar-refractivity contribution in [2.45, 2.75) is 57.5 Å². The summed E-state index contributed by atoms with van der Waals surface area (Å²) in [6.07, 6.45) is 6.71. The van der Waals surface area contributed by atoms with Gasteiger partial charge in [-0.1, -0.05) is 12.8 Å². The number of piperidine rings is 1. The highest BCUT2D eigenvalue weighted by Gasteiger charge is 2.36. The molecule has 23 heavy (non-hydrogen) atoms. The molecule has 132 valence electrons. The first-order valence-electron chi connectivity index (χ1n) is 8.29. The average Bonchev–Trinajstić information content (AvgIpc) is 2.96. The van der Waals surface area contributed by atoms with E-state index >= 15 is 0 Å². The molecular formula is C15H27N3O4S. The van der Waals surface area contributed by atoms with E-state index in [0.717, 1.165) is 44.8 Å². The van der Waals surface area contributed by atoms with Gasteiger partial charge in [-0.3, -0.25) is 9.59 Å². The molecule has 2 fully saturated rings. The largest absolute Gasteiger partial charge is 0.344 e. The van der Waals surface area contributed by atoms with Crippen LogP contribution in [0, 0.1) is 5.92 Å². The minimum atomic E-state index is -3.29. The monoisotopic (exact) mass is 345 g/mol. The fourth-order valence-electron chi connectivity index (χ4n) is 3.66. The van der Waals surface area contributed by atoms with Crippen LogP contribution in [0.15, 0.2) is 0 Å². The highest BCUT2D eigenvalue weighted by atomic mass is 32.2. The first-order valence-corrected chi connectivity index (χ1v) is 10.2. The van der Waals surface area contributed by atoms with E-state index in [-0.39, 0.29) is 23.8 Å². The third-order valence-electron chi connectivity index (χ3n) is 4.61. The Morgan fingerprint density at radius 3 is 2.35 bits per heavy atom. The van der Waals surface area contributed by atoms with Gasteiger partial charge < -0.3 is 10.2 Å². The molecule has 1 saturated heterocycles. The number of likely N-dealkylation sites (tertiary alicyclic amines) is 1. The van der Waals surface area contributed by atoms with E-state index in [4.69, 9.17) is 0 Å². The molecule has 0 bridgehead atoms. The highest BCUT2D eigenvalue weighted by molar-refractivity contribution is 7.88. The van der Waals surface area contributed by atoms with Crippen LogP contribution in [0.5, 0.6) is 0 Å². The molecule has 1 aliphatic carbocycles. The van der Waals surface area contributed by atoms with Crippen molar-refractivity contribution in [3.63, 3.8) is 0 Å². The zero-order valence-corrected chi connectivity index (χ0v) is 14.7. The van der Waals surface area contributed by atoms with Crippen molar-refractivity contribution in [2.75, 3.05) is 19.3 Å². The summed E-state index contributed by atoms with van der Waals surface area (Å²) in [5.41, 5.74) is 0. The maximum absolute atomic E-state index is 12.9. The van der Waals surface area contributed by atoms with Gasteiger partial charge in [0.05, 0.1) is 6.26 Å². The summed E-state index contributed by atoms with van der Waals surface area (Å²) in [6, 6.07) is -0.726. The molecule has 0 radical (unpaired) electrons. The highest BCUT2D eigenvalue weighted by Crippen LogP contribution is 2.29. The van der Waals surface area contributed by atoms with Crippen LogP contribution in [0.25, 0.3) is 0 Å². The second-order valence-electron chi connectivity index (χ2n) is 6.74. The number of nitrogens with zero attached hydrogens (tertiary/aromatic N) is 1. The van der Waals surface area contributed by atoms with Crippen molar-refractivity contribution < 1.29 is 18.0 Å². The predicted molar refractivity (Wildman–Crippen MR) is 87.1 cm³/mol. The van der Waals surface area contributed by atoms with Gasteiger partial charge in [0, 0.05) is 26.1 Å². The van der Waals surface area contributed by atoms with E-state index in [1.165, 1.54) is 6.92 Å². The Morgan fingerprint density at radius 1 is 1.13 bits per heavy atom. The smallest absolute Gasteiger partial charge is 0.245 e. The number of amides is 2. The van der Waals surface area contributed by atoms with E-state index in [2.05, 4.69) is 10.0 Å². The molecule has 1 heterocycles. The number of carbonyl (C=O) groups is 2. The van der Waals surface area contributed by atoms with Crippen molar-refractivity contribution in [3.05, 3.63) is 0 Å². The molecular weight excluding hydrogens is 318 g/mol. The Balaban J connectivity index is 2.04. The topological polar surface area (TPSA) is 95.6 Å². The van der Waals surface area contributed by atoms with E-state index in [1.54, 1.807) is 4.90 Å². The normalized spacial score (nSPS) is 24.4. The quantitative estimate of drug-likeness (QED) is 0.745. The van der Waals surface area contributed by atoms with Gasteiger partial charge in [0.2, 0.25) is 21.8 Å². The summed E-state index contributed by atoms with van der Waals surface area (Å²) < 4.78 is 25.4. The minimum absolute atomic E-state index is 0.0768. The van der Waals surface area contributed by atoms with Crippen LogP contribution in [0.2, 0.25) is 0 Å². The summed E-state index contributed by atoms with van der Waals surface area (Å²) in [5, 5.41) is 2.81. The van der Waals surface area contributed by atoms with Gasteiger partial charge in [-0.2, -0.15) is 0 Å². The van der Waals surface area contributed by atoms with Gasteiger partial charge in [0.1, 0.15) is 6.04 Å². The lowest BCUT2D eigenvalue weighted by molar-refractivity contribution is -0.138. The zero-order chi connectivity index (χ0) is 17.0. The van der Waals surface area contributed by atoms with Crippen molar-refractivity contribution >= 4 is 21.8 Å². The summed E-state index contributed by atoms with van der Waals surface area (Å²) in [7, 11) is -3.29. The number of rotatable bonds is 5. The minimum Gasteiger partial charge on any atom is -0.344 e. The lowest BCUT2D eigenvalue weighted by atomic mass is 9.95. The van der Waals surface area contributed by atoms with Gasteiger partial charge in [0.25, 0.3) is 0 Å². The molecule has 2 rings (SSSR count). The molecule has 2 N–H and O–H groups in total. The third kappa shape index (κ3) is 5.46. The molecule has 0 aromatic heterocycles. The lowest BCUT2D eigenvalue weighted by Gasteiger charge is -2.36. The summed E-state index contributed by atoms with van der Waals surface area (Å²) >= 11 is 0. The first kappa shape index (κ1) is 18.2. The van der Waals surface area contributed by atoms with Crippen LogP contribution in [0.3, 0.4) is 0 Å². The molecule has 0 unspecified atom stereocenters. The van der Waals surface area contributed by atoms with Gasteiger partial charge in [-0.05, 0) is 31.6 Å². The number of sulfonamides is 1. The van der Waals surface area contributed by atoms with E-state index in [0.29, 0.717) is 13.1 Å². The molecule has 1 aliphatic heterocycles. The second-order valence-corrected chi connectivity index (χ2v) is 8.52. The fourth-order valence-corrected chi connectivity index (χ4v) is 4.46. The Hall–Kier alpha value is -1.15. The van der Waals surface area contributed by atoms with E-state index in [9.17, 15) is 18.0 Å². The van der Waals surface area contributed by atoms with Crippen LogP contribution in [0.4, 0.5) is 0 Å². The van der Waals surface area contributed by atoms with Crippen LogP contribution in [-0.4, -0.2) is 56.6 Å². The Bertz CT molecular complexity index is 543. The number of carbonyl (C=O) groups excluding carboxylic acids is 2. The fraction of sp³-hybridized carbons (Fsp3) is 0.867. The van der Waals surface area contributed by atoms with Crippen LogP contribution >= 0.6 is 0 Å². The summed E-state index contributed by atoms with van der Waals surface area (Å²) in [4.78, 5) is 26.0. The summed E-state index contributed by atoms with van der Waals surface area (Å²) in [5.74, 6) is -0.0835. The molecule has 0 spiro atoms. The molecule has 2 amide bonds. The Kier molecular flexibility index (Phi) is 6.02. The van der Waals surface area contributed by atoms with Crippen molar-refractivity contribution in [1.29, 1.82) is 0 Å². The van der Waals surface area contributed by atoms with Gasteiger partial charge in [-0.25, -0.2) is 13.1 Å². The lowest BCUT2D eigenvalue weighted by Crippen LogP contribution is -2.56. The van der Waals surface area contributed by atoms with Crippen LogP contribution in [0.1, 0.15) is 45.4 Å². The predicted octanol–water partition coefficient (Wildman–Crippen LogP) is 0.222. The van der Waals surface area contributed by atoms with Crippen molar-refractivity contribution in [2.24, 2.45) is 5.92 Å². The van der Waals surface area contributed by atoms with Crippen molar-refractivity contribution in [1.82, 2.24) is 14.9 Å². The molecule has 2 atom stereocenters. The number of hydrogen-bond donors (Lipinski definition) is 2. The van der Waals surface area contributed by atoms with E-state index < -0.39 is 16.1 Å². The third-order valence-corrected chi connectivity index (χ3v) is 5.37. The maximum Gasteiger partial charge on any atom is 0.245 e. The molecule has 0 aromatic rings. The molecule has 0 aromatic carbocycles. The zero-order valence-electron chi connectivity index (χ0n) is 13.9. The number of nitrogens with one attached hydrogen (secondary N) is 2. The molecule has 8 heteroatoms. The molecule has 7 nitrogen and oxygen atoms in total. The molecule has 1 saturated carbocycles. The van der Waals surface area contributed by atoms with E-state index in [1.807, 2.05) is 0 Å².